The molecule has 1 aliphatic rings. The van der Waals surface area contributed by atoms with Crippen molar-refractivity contribution in [2.24, 2.45) is 0 Å². The van der Waals surface area contributed by atoms with Crippen LogP contribution in [-0.4, -0.2) is 70.8 Å². The molecule has 9 heteroatoms. The number of nitrogens with zero attached hydrogens (tertiary/aromatic N) is 2. The number of ether oxygens (including phenoxy) is 1. The molecule has 0 bridgehead atoms. The summed E-state index contributed by atoms with van der Waals surface area (Å²) in [4.78, 5) is 45.3. The Morgan fingerprint density at radius 3 is 2.37 bits per heavy atom. The van der Waals surface area contributed by atoms with Crippen molar-refractivity contribution >= 4 is 39.3 Å². The quantitative estimate of drug-likeness (QED) is 0.210. The van der Waals surface area contributed by atoms with Gasteiger partial charge in [-0.05, 0) is 63.2 Å². The van der Waals surface area contributed by atoms with Gasteiger partial charge in [0.25, 0.3) is 11.7 Å². The molecule has 35 heavy (non-hydrogen) atoms. The van der Waals surface area contributed by atoms with Gasteiger partial charge in [0.05, 0.1) is 18.7 Å². The predicted octanol–water partition coefficient (Wildman–Crippen LogP) is 4.33. The number of hydrogen-bond acceptors (Lipinski definition) is 6. The number of aliphatic hydroxyl groups excluding tert-OH is 1. The molecule has 8 nitrogen and oxygen atoms in total. The molecule has 1 aliphatic heterocycles. The maximum Gasteiger partial charge on any atom is 0.354 e. The maximum atomic E-state index is 13.3. The van der Waals surface area contributed by atoms with Gasteiger partial charge in [0.15, 0.2) is 0 Å². The molecule has 2 aromatic rings. The number of rotatable bonds is 9. The van der Waals surface area contributed by atoms with Gasteiger partial charge >= 0.3 is 5.97 Å². The smallest absolute Gasteiger partial charge is 0.354 e. The fraction of sp³-hybridized carbons (Fsp3) is 0.423. The first-order valence-electron chi connectivity index (χ1n) is 11.7. The number of hydrogen-bond donors (Lipinski definition) is 2. The number of ketones is 1. The van der Waals surface area contributed by atoms with Gasteiger partial charge in [0.1, 0.15) is 11.5 Å². The Bertz CT molecular complexity index is 1150. The second-order valence-electron chi connectivity index (χ2n) is 8.54. The maximum absolute atomic E-state index is 13.3. The fourth-order valence-corrected chi connectivity index (χ4v) is 4.92. The summed E-state index contributed by atoms with van der Waals surface area (Å²) < 4.78 is 5.68. The monoisotopic (exact) mass is 545 g/mol. The Hall–Kier alpha value is -2.91. The molecule has 1 fully saturated rings. The van der Waals surface area contributed by atoms with Crippen LogP contribution in [0.25, 0.3) is 5.76 Å². The van der Waals surface area contributed by atoms with Crippen molar-refractivity contribution in [3.63, 3.8) is 0 Å². The van der Waals surface area contributed by atoms with Crippen LogP contribution in [0.15, 0.2) is 34.3 Å². The zero-order chi connectivity index (χ0) is 25.9. The Labute approximate surface area is 214 Å². The molecule has 0 saturated carbocycles. The molecule has 1 atom stereocenters. The van der Waals surface area contributed by atoms with Gasteiger partial charge in [0.2, 0.25) is 0 Å². The largest absolute Gasteiger partial charge is 0.507 e. The van der Waals surface area contributed by atoms with Gasteiger partial charge in [-0.3, -0.25) is 9.59 Å². The molecule has 0 aliphatic carbocycles. The van der Waals surface area contributed by atoms with Crippen LogP contribution < -0.4 is 0 Å². The molecule has 0 spiro atoms. The highest BCUT2D eigenvalue weighted by atomic mass is 79.9. The van der Waals surface area contributed by atoms with Crippen molar-refractivity contribution in [2.45, 2.75) is 40.2 Å². The second-order valence-corrected chi connectivity index (χ2v) is 9.46. The van der Waals surface area contributed by atoms with Crippen LogP contribution in [0.1, 0.15) is 59.2 Å². The van der Waals surface area contributed by atoms with Crippen LogP contribution in [0.5, 0.6) is 0 Å². The minimum atomic E-state index is -0.741. The lowest BCUT2D eigenvalue weighted by molar-refractivity contribution is -0.140. The molecule has 0 unspecified atom stereocenters. The van der Waals surface area contributed by atoms with Gasteiger partial charge in [-0.25, -0.2) is 4.79 Å². The number of Topliss-reactive ketones (excluding diaryl/α,β-unsaturated/α-hetero) is 1. The van der Waals surface area contributed by atoms with Crippen LogP contribution in [0, 0.1) is 13.8 Å². The topological polar surface area (TPSA) is 103 Å². The Kier molecular flexibility index (Phi) is 8.56. The second kappa shape index (κ2) is 11.2. The number of H-pyrrole nitrogens is 1. The zero-order valence-corrected chi connectivity index (χ0v) is 22.4. The minimum Gasteiger partial charge on any atom is -0.507 e. The summed E-state index contributed by atoms with van der Waals surface area (Å²) >= 11 is 3.43. The highest BCUT2D eigenvalue weighted by molar-refractivity contribution is 9.10. The lowest BCUT2D eigenvalue weighted by Crippen LogP contribution is -2.33. The number of aromatic nitrogens is 1. The van der Waals surface area contributed by atoms with Crippen LogP contribution in [-0.2, 0) is 14.3 Å². The Morgan fingerprint density at radius 2 is 1.80 bits per heavy atom. The molecule has 188 valence electrons. The SMILES string of the molecule is CCN(CC)CCCN1C(=O)C(=O)/C(=C(/O)c2c(C)[nH]c(C(=O)OC)c2C)[C@H]1c1ccc(Br)cc1. The van der Waals surface area contributed by atoms with Crippen molar-refractivity contribution in [1.82, 2.24) is 14.8 Å². The molecule has 3 rings (SSSR count). The third-order valence-corrected chi connectivity index (χ3v) is 7.09. The average Bonchev–Trinajstić information content (AvgIpc) is 3.28. The third kappa shape index (κ3) is 5.21. The molecular weight excluding hydrogens is 514 g/mol. The minimum absolute atomic E-state index is 0.0155. The van der Waals surface area contributed by atoms with Crippen molar-refractivity contribution < 1.29 is 24.2 Å². The van der Waals surface area contributed by atoms with E-state index in [-0.39, 0.29) is 17.0 Å². The third-order valence-electron chi connectivity index (χ3n) is 6.56. The predicted molar refractivity (Wildman–Crippen MR) is 137 cm³/mol. The summed E-state index contributed by atoms with van der Waals surface area (Å²) in [6, 6.07) is 6.61. The first kappa shape index (κ1) is 26.7. The molecule has 0 radical (unpaired) electrons. The number of halogens is 1. The molecule has 1 saturated heterocycles. The number of benzene rings is 1. The number of esters is 1. The highest BCUT2D eigenvalue weighted by Gasteiger charge is 2.46. The summed E-state index contributed by atoms with van der Waals surface area (Å²) in [6.45, 7) is 10.5. The van der Waals surface area contributed by atoms with E-state index in [2.05, 4.69) is 39.7 Å². The zero-order valence-electron chi connectivity index (χ0n) is 20.8. The lowest BCUT2D eigenvalue weighted by atomic mass is 9.94. The Balaban J connectivity index is 2.11. The van der Waals surface area contributed by atoms with Crippen molar-refractivity contribution in [1.29, 1.82) is 0 Å². The first-order valence-corrected chi connectivity index (χ1v) is 12.5. The summed E-state index contributed by atoms with van der Waals surface area (Å²) in [7, 11) is 1.27. The van der Waals surface area contributed by atoms with Gasteiger partial charge in [-0.2, -0.15) is 0 Å². The van der Waals surface area contributed by atoms with E-state index < -0.39 is 23.7 Å². The van der Waals surface area contributed by atoms with Crippen LogP contribution in [0.4, 0.5) is 0 Å². The van der Waals surface area contributed by atoms with Gasteiger partial charge in [-0.15, -0.1) is 0 Å². The van der Waals surface area contributed by atoms with Crippen molar-refractivity contribution in [3.05, 3.63) is 62.4 Å². The van der Waals surface area contributed by atoms with E-state index in [1.807, 2.05) is 24.3 Å². The van der Waals surface area contributed by atoms with E-state index >= 15 is 0 Å². The van der Waals surface area contributed by atoms with Gasteiger partial charge in [0, 0.05) is 22.3 Å². The van der Waals surface area contributed by atoms with E-state index in [0.717, 1.165) is 29.7 Å². The summed E-state index contributed by atoms with van der Waals surface area (Å²) in [5.41, 5.74) is 2.21. The van der Waals surface area contributed by atoms with Crippen LogP contribution >= 0.6 is 15.9 Å². The normalized spacial score (nSPS) is 17.5. The average molecular weight is 546 g/mol. The number of aromatic amines is 1. The van der Waals surface area contributed by atoms with Gasteiger partial charge < -0.3 is 24.6 Å². The number of carbonyl (C=O) groups excluding carboxylic acids is 3. The molecule has 1 aromatic heterocycles. The molecule has 2 N–H and O–H groups in total. The number of carbonyl (C=O) groups is 3. The van der Waals surface area contributed by atoms with Crippen LogP contribution in [0.3, 0.4) is 0 Å². The number of methoxy groups -OCH3 is 1. The molecule has 1 aromatic carbocycles. The van der Waals surface area contributed by atoms with E-state index in [9.17, 15) is 19.5 Å². The number of aryl methyl sites for hydroxylation is 1. The molecular formula is C26H32BrN3O5. The standard InChI is InChI=1S/C26H32BrN3O5/c1-6-29(7-2)13-8-14-30-22(17-9-11-18(27)12-10-17)20(24(32)25(30)33)23(31)19-15(3)21(26(34)35-5)28-16(19)4/h9-12,22,28,31H,6-8,13-14H2,1-5H3/b23-20+/t22-/m1/s1. The highest BCUT2D eigenvalue weighted by Crippen LogP contribution is 2.41. The molecule has 1 amide bonds. The molecule has 2 heterocycles. The van der Waals surface area contributed by atoms with E-state index in [1.165, 1.54) is 7.11 Å². The van der Waals surface area contributed by atoms with Crippen molar-refractivity contribution in [3.8, 4) is 0 Å². The summed E-state index contributed by atoms with van der Waals surface area (Å²) in [5.74, 6) is -2.26. The number of nitrogens with one attached hydrogen (secondary N) is 1. The number of likely N-dealkylation sites (tertiary alicyclic amines) is 1. The summed E-state index contributed by atoms with van der Waals surface area (Å²) in [5, 5.41) is 11.4. The summed E-state index contributed by atoms with van der Waals surface area (Å²) in [6.07, 6.45) is 0.691. The van der Waals surface area contributed by atoms with Crippen molar-refractivity contribution in [2.75, 3.05) is 33.3 Å². The fourth-order valence-electron chi connectivity index (χ4n) is 4.65. The van der Waals surface area contributed by atoms with E-state index in [1.54, 1.807) is 18.7 Å². The number of amides is 1. The van der Waals surface area contributed by atoms with E-state index in [0.29, 0.717) is 29.8 Å². The van der Waals surface area contributed by atoms with Crippen LogP contribution in [0.2, 0.25) is 0 Å². The lowest BCUT2D eigenvalue weighted by Gasteiger charge is -2.27. The van der Waals surface area contributed by atoms with E-state index in [4.69, 9.17) is 4.74 Å². The number of aliphatic hydroxyl groups is 1. The first-order chi connectivity index (χ1) is 16.7. The van der Waals surface area contributed by atoms with Gasteiger partial charge in [-0.1, -0.05) is 41.9 Å². The Morgan fingerprint density at radius 1 is 1.17 bits per heavy atom.